The lowest BCUT2D eigenvalue weighted by Gasteiger charge is -2.14. The summed E-state index contributed by atoms with van der Waals surface area (Å²) >= 11 is 0. The molecule has 0 N–H and O–H groups in total. The number of rotatable bonds is 9. The standard InChI is InChI=1S/C9H20O5Si/c1-4-11-9(10)7-8-14-15(12-5-2)13-6-3/h15H,4-8H2,1-3H3. The molecule has 5 nitrogen and oxygen atoms in total. The number of carbonyl (C=O) groups excluding carboxylic acids is 1. The molecule has 0 amide bonds. The zero-order valence-electron chi connectivity index (χ0n) is 9.65. The van der Waals surface area contributed by atoms with Crippen LogP contribution in [0.2, 0.25) is 0 Å². The van der Waals surface area contributed by atoms with Crippen LogP contribution in [0.25, 0.3) is 0 Å². The first-order valence-electron chi connectivity index (χ1n) is 5.24. The molecule has 0 heterocycles. The predicted octanol–water partition coefficient (Wildman–Crippen LogP) is 0.746. The maximum absolute atomic E-state index is 11.0. The fourth-order valence-electron chi connectivity index (χ4n) is 0.888. The van der Waals surface area contributed by atoms with E-state index in [1.165, 1.54) is 0 Å². The largest absolute Gasteiger partial charge is 0.484 e. The molecule has 0 bridgehead atoms. The summed E-state index contributed by atoms with van der Waals surface area (Å²) < 4.78 is 20.6. The first-order valence-corrected chi connectivity index (χ1v) is 6.66. The highest BCUT2D eigenvalue weighted by Crippen LogP contribution is 1.95. The molecule has 6 heteroatoms. The molecule has 90 valence electrons. The van der Waals surface area contributed by atoms with Gasteiger partial charge in [-0.05, 0) is 20.8 Å². The van der Waals surface area contributed by atoms with Crippen molar-refractivity contribution in [2.45, 2.75) is 27.2 Å². The van der Waals surface area contributed by atoms with Crippen LogP contribution in [0.1, 0.15) is 27.2 Å². The van der Waals surface area contributed by atoms with Gasteiger partial charge in [0.1, 0.15) is 0 Å². The van der Waals surface area contributed by atoms with Crippen LogP contribution >= 0.6 is 0 Å². The Hall–Kier alpha value is -0.433. The van der Waals surface area contributed by atoms with Crippen LogP contribution in [-0.2, 0) is 22.8 Å². The molecule has 0 aliphatic heterocycles. The summed E-state index contributed by atoms with van der Waals surface area (Å²) in [5.41, 5.74) is 0. The first-order chi connectivity index (χ1) is 7.24. The summed E-state index contributed by atoms with van der Waals surface area (Å²) in [5.74, 6) is -0.252. The number of hydrogen-bond donors (Lipinski definition) is 0. The zero-order valence-corrected chi connectivity index (χ0v) is 10.8. The normalized spacial score (nSPS) is 10.7. The van der Waals surface area contributed by atoms with Crippen molar-refractivity contribution < 1.29 is 22.8 Å². The van der Waals surface area contributed by atoms with E-state index in [2.05, 4.69) is 0 Å². The van der Waals surface area contributed by atoms with Crippen LogP contribution in [0.4, 0.5) is 0 Å². The number of carbonyl (C=O) groups is 1. The highest BCUT2D eigenvalue weighted by Gasteiger charge is 2.14. The first kappa shape index (κ1) is 14.6. The summed E-state index contributed by atoms with van der Waals surface area (Å²) in [6.45, 7) is 7.37. The van der Waals surface area contributed by atoms with Gasteiger partial charge in [0.05, 0.1) is 13.0 Å². The van der Waals surface area contributed by atoms with Crippen molar-refractivity contribution in [1.29, 1.82) is 0 Å². The molecule has 0 saturated carbocycles. The van der Waals surface area contributed by atoms with E-state index >= 15 is 0 Å². The molecule has 0 atom stereocenters. The van der Waals surface area contributed by atoms with Gasteiger partial charge in [-0.1, -0.05) is 0 Å². The van der Waals surface area contributed by atoms with Crippen LogP contribution in [0.15, 0.2) is 0 Å². The molecule has 0 radical (unpaired) electrons. The van der Waals surface area contributed by atoms with E-state index in [4.69, 9.17) is 18.0 Å². The average Bonchev–Trinajstić information content (AvgIpc) is 2.19. The molecule has 0 unspecified atom stereocenters. The van der Waals surface area contributed by atoms with Gasteiger partial charge in [-0.25, -0.2) is 0 Å². The van der Waals surface area contributed by atoms with Gasteiger partial charge in [0.2, 0.25) is 0 Å². The summed E-state index contributed by atoms with van der Waals surface area (Å²) in [6, 6.07) is 0. The van der Waals surface area contributed by atoms with Crippen molar-refractivity contribution in [3.8, 4) is 0 Å². The fourth-order valence-corrected chi connectivity index (χ4v) is 2.03. The zero-order chi connectivity index (χ0) is 11.5. The van der Waals surface area contributed by atoms with Crippen LogP contribution in [0, 0.1) is 0 Å². The average molecular weight is 236 g/mol. The van der Waals surface area contributed by atoms with E-state index < -0.39 is 9.53 Å². The fraction of sp³-hybridized carbons (Fsp3) is 0.889. The Labute approximate surface area is 92.6 Å². The van der Waals surface area contributed by atoms with Crippen LogP contribution in [-0.4, -0.2) is 41.9 Å². The molecule has 0 spiro atoms. The Morgan fingerprint density at radius 3 is 2.07 bits per heavy atom. The molecular formula is C9H20O5Si. The van der Waals surface area contributed by atoms with Gasteiger partial charge in [0, 0.05) is 19.8 Å². The smallest absolute Gasteiger partial charge is 0.466 e. The van der Waals surface area contributed by atoms with Crippen LogP contribution in [0.3, 0.4) is 0 Å². The van der Waals surface area contributed by atoms with Crippen molar-refractivity contribution in [1.82, 2.24) is 0 Å². The monoisotopic (exact) mass is 236 g/mol. The van der Waals surface area contributed by atoms with Crippen molar-refractivity contribution in [3.63, 3.8) is 0 Å². The van der Waals surface area contributed by atoms with Gasteiger partial charge in [0.25, 0.3) is 0 Å². The molecule has 0 aromatic heterocycles. The van der Waals surface area contributed by atoms with E-state index in [0.717, 1.165) is 0 Å². The van der Waals surface area contributed by atoms with Gasteiger partial charge in [-0.15, -0.1) is 0 Å². The van der Waals surface area contributed by atoms with E-state index in [0.29, 0.717) is 26.4 Å². The molecule has 15 heavy (non-hydrogen) atoms. The SMILES string of the molecule is CCOC(=O)CCO[SiH](OCC)OCC. The van der Waals surface area contributed by atoms with Gasteiger partial charge in [-0.2, -0.15) is 0 Å². The second kappa shape index (κ2) is 10.1. The summed E-state index contributed by atoms with van der Waals surface area (Å²) in [7, 11) is -2.02. The molecule has 0 aliphatic rings. The van der Waals surface area contributed by atoms with Crippen molar-refractivity contribution in [2.75, 3.05) is 26.4 Å². The quantitative estimate of drug-likeness (QED) is 0.437. The second-order valence-corrected chi connectivity index (χ2v) is 4.20. The number of hydrogen-bond acceptors (Lipinski definition) is 5. The lowest BCUT2D eigenvalue weighted by atomic mass is 10.5. The lowest BCUT2D eigenvalue weighted by Crippen LogP contribution is -2.28. The Kier molecular flexibility index (Phi) is 9.81. The van der Waals surface area contributed by atoms with Crippen molar-refractivity contribution >= 4 is 15.5 Å². The number of ether oxygens (including phenoxy) is 1. The Bertz CT molecular complexity index is 159. The summed E-state index contributed by atoms with van der Waals surface area (Å²) in [6.07, 6.45) is 0.248. The molecular weight excluding hydrogens is 216 g/mol. The Morgan fingerprint density at radius 1 is 1.00 bits per heavy atom. The van der Waals surface area contributed by atoms with Crippen molar-refractivity contribution in [3.05, 3.63) is 0 Å². The minimum absolute atomic E-state index is 0.248. The topological polar surface area (TPSA) is 54.0 Å². The van der Waals surface area contributed by atoms with Crippen LogP contribution < -0.4 is 0 Å². The molecule has 0 rings (SSSR count). The van der Waals surface area contributed by atoms with Gasteiger partial charge in [-0.3, -0.25) is 4.79 Å². The maximum Gasteiger partial charge on any atom is 0.484 e. The van der Waals surface area contributed by atoms with E-state index in [1.807, 2.05) is 13.8 Å². The second-order valence-electron chi connectivity index (χ2n) is 2.63. The van der Waals surface area contributed by atoms with Crippen LogP contribution in [0.5, 0.6) is 0 Å². The summed E-state index contributed by atoms with van der Waals surface area (Å²) in [4.78, 5) is 11.0. The third-order valence-electron chi connectivity index (χ3n) is 1.47. The number of esters is 1. The highest BCUT2D eigenvalue weighted by molar-refractivity contribution is 6.36. The molecule has 0 saturated heterocycles. The Morgan fingerprint density at radius 2 is 1.60 bits per heavy atom. The molecule has 0 aromatic rings. The van der Waals surface area contributed by atoms with Gasteiger partial charge < -0.3 is 18.0 Å². The Balaban J connectivity index is 3.55. The highest BCUT2D eigenvalue weighted by atomic mass is 28.3. The van der Waals surface area contributed by atoms with Crippen molar-refractivity contribution in [2.24, 2.45) is 0 Å². The minimum Gasteiger partial charge on any atom is -0.466 e. The minimum atomic E-state index is -2.02. The van der Waals surface area contributed by atoms with Gasteiger partial charge in [0.15, 0.2) is 0 Å². The molecule has 0 aliphatic carbocycles. The molecule has 0 fully saturated rings. The third-order valence-corrected chi connectivity index (χ3v) is 3.19. The summed E-state index contributed by atoms with van der Waals surface area (Å²) in [5, 5.41) is 0. The third kappa shape index (κ3) is 8.55. The maximum atomic E-state index is 11.0. The predicted molar refractivity (Wildman–Crippen MR) is 57.6 cm³/mol. The van der Waals surface area contributed by atoms with E-state index in [-0.39, 0.29) is 12.4 Å². The van der Waals surface area contributed by atoms with Gasteiger partial charge >= 0.3 is 15.5 Å². The van der Waals surface area contributed by atoms with E-state index in [9.17, 15) is 4.79 Å². The lowest BCUT2D eigenvalue weighted by molar-refractivity contribution is -0.143. The molecule has 0 aromatic carbocycles. The van der Waals surface area contributed by atoms with E-state index in [1.54, 1.807) is 6.92 Å².